The van der Waals surface area contributed by atoms with Gasteiger partial charge in [0.05, 0.1) is 11.7 Å². The van der Waals surface area contributed by atoms with E-state index in [-0.39, 0.29) is 17.6 Å². The molecule has 0 saturated heterocycles. The topological polar surface area (TPSA) is 98.7 Å². The van der Waals surface area contributed by atoms with E-state index in [1.54, 1.807) is 19.1 Å². The largest absolute Gasteiger partial charge is 0.478 e. The van der Waals surface area contributed by atoms with E-state index >= 15 is 0 Å². The second-order valence-electron chi connectivity index (χ2n) is 4.81. The molecule has 110 valence electrons. The summed E-state index contributed by atoms with van der Waals surface area (Å²) in [5.74, 6) is -0.978. The van der Waals surface area contributed by atoms with Crippen molar-refractivity contribution >= 4 is 12.0 Å². The highest BCUT2D eigenvalue weighted by atomic mass is 16.4. The van der Waals surface area contributed by atoms with Crippen LogP contribution in [0, 0.1) is 0 Å². The fourth-order valence-corrected chi connectivity index (χ4v) is 1.79. The van der Waals surface area contributed by atoms with Crippen LogP contribution in [0.5, 0.6) is 0 Å². The van der Waals surface area contributed by atoms with Gasteiger partial charge in [0.15, 0.2) is 0 Å². The van der Waals surface area contributed by atoms with Gasteiger partial charge in [0, 0.05) is 12.6 Å². The van der Waals surface area contributed by atoms with Crippen LogP contribution in [0.1, 0.15) is 36.2 Å². The predicted octanol–water partition coefficient (Wildman–Crippen LogP) is 1.34. The van der Waals surface area contributed by atoms with E-state index in [9.17, 15) is 14.7 Å². The Morgan fingerprint density at radius 1 is 1.20 bits per heavy atom. The number of carbonyl (C=O) groups excluding carboxylic acids is 1. The van der Waals surface area contributed by atoms with Crippen LogP contribution in [-0.2, 0) is 6.54 Å². The van der Waals surface area contributed by atoms with Crippen molar-refractivity contribution in [2.24, 2.45) is 0 Å². The van der Waals surface area contributed by atoms with E-state index in [4.69, 9.17) is 5.11 Å². The lowest BCUT2D eigenvalue weighted by atomic mass is 10.1. The zero-order valence-corrected chi connectivity index (χ0v) is 11.6. The van der Waals surface area contributed by atoms with E-state index in [1.165, 1.54) is 12.1 Å². The van der Waals surface area contributed by atoms with Gasteiger partial charge in [-0.05, 0) is 38.0 Å². The summed E-state index contributed by atoms with van der Waals surface area (Å²) in [5, 5.41) is 23.3. The molecule has 4 N–H and O–H groups in total. The molecule has 1 rings (SSSR count). The maximum Gasteiger partial charge on any atom is 0.335 e. The minimum Gasteiger partial charge on any atom is -0.478 e. The zero-order valence-electron chi connectivity index (χ0n) is 11.6. The van der Waals surface area contributed by atoms with Crippen molar-refractivity contribution in [3.63, 3.8) is 0 Å². The number of nitrogens with one attached hydrogen (secondary N) is 2. The number of carbonyl (C=O) groups is 2. The van der Waals surface area contributed by atoms with Crippen molar-refractivity contribution in [2.45, 2.75) is 39.0 Å². The standard InChI is InChI=1S/C14H20N2O4/c1-9(7-10(2)17)16-14(20)15-8-11-3-5-12(6-4-11)13(18)19/h3-6,9-10,17H,7-8H2,1-2H3,(H,18,19)(H2,15,16,20). The third-order valence-electron chi connectivity index (χ3n) is 2.73. The number of benzene rings is 1. The summed E-state index contributed by atoms with van der Waals surface area (Å²) in [6.45, 7) is 3.79. The molecule has 0 heterocycles. The van der Waals surface area contributed by atoms with Crippen molar-refractivity contribution in [1.82, 2.24) is 10.6 Å². The van der Waals surface area contributed by atoms with Gasteiger partial charge in [-0.2, -0.15) is 0 Å². The molecule has 1 aromatic rings. The highest BCUT2D eigenvalue weighted by Gasteiger charge is 2.09. The molecule has 0 aromatic heterocycles. The summed E-state index contributed by atoms with van der Waals surface area (Å²) in [7, 11) is 0. The van der Waals surface area contributed by atoms with Crippen molar-refractivity contribution < 1.29 is 19.8 Å². The van der Waals surface area contributed by atoms with Gasteiger partial charge in [-0.1, -0.05) is 12.1 Å². The molecule has 0 bridgehead atoms. The molecule has 2 unspecified atom stereocenters. The lowest BCUT2D eigenvalue weighted by Crippen LogP contribution is -2.41. The first-order chi connectivity index (χ1) is 9.38. The Morgan fingerprint density at radius 2 is 1.80 bits per heavy atom. The fourth-order valence-electron chi connectivity index (χ4n) is 1.79. The number of carboxylic acids is 1. The molecular weight excluding hydrogens is 260 g/mol. The van der Waals surface area contributed by atoms with Gasteiger partial charge in [0.2, 0.25) is 0 Å². The molecule has 20 heavy (non-hydrogen) atoms. The predicted molar refractivity (Wildman–Crippen MR) is 74.5 cm³/mol. The highest BCUT2D eigenvalue weighted by molar-refractivity contribution is 5.87. The normalized spacial score (nSPS) is 13.3. The molecule has 0 fully saturated rings. The molecule has 0 spiro atoms. The van der Waals surface area contributed by atoms with Crippen molar-refractivity contribution in [2.75, 3.05) is 0 Å². The maximum absolute atomic E-state index is 11.6. The Labute approximate surface area is 117 Å². The second-order valence-corrected chi connectivity index (χ2v) is 4.81. The summed E-state index contributed by atoms with van der Waals surface area (Å²) in [4.78, 5) is 22.3. The molecule has 0 saturated carbocycles. The molecule has 0 aliphatic rings. The van der Waals surface area contributed by atoms with Crippen LogP contribution in [0.4, 0.5) is 4.79 Å². The van der Waals surface area contributed by atoms with Crippen LogP contribution in [0.2, 0.25) is 0 Å². The van der Waals surface area contributed by atoms with Crippen LogP contribution >= 0.6 is 0 Å². The fraction of sp³-hybridized carbons (Fsp3) is 0.429. The molecule has 6 nitrogen and oxygen atoms in total. The highest BCUT2D eigenvalue weighted by Crippen LogP contribution is 2.04. The summed E-state index contributed by atoms with van der Waals surface area (Å²) >= 11 is 0. The molecule has 0 radical (unpaired) electrons. The Kier molecular flexibility index (Phi) is 5.99. The number of hydrogen-bond donors (Lipinski definition) is 4. The van der Waals surface area contributed by atoms with Crippen LogP contribution in [0.3, 0.4) is 0 Å². The van der Waals surface area contributed by atoms with Crippen LogP contribution < -0.4 is 10.6 Å². The molecule has 2 atom stereocenters. The lowest BCUT2D eigenvalue weighted by Gasteiger charge is -2.16. The van der Waals surface area contributed by atoms with Gasteiger partial charge in [-0.15, -0.1) is 0 Å². The van der Waals surface area contributed by atoms with Crippen LogP contribution in [0.25, 0.3) is 0 Å². The number of aromatic carboxylic acids is 1. The summed E-state index contributed by atoms with van der Waals surface area (Å²) in [6, 6.07) is 5.86. The van der Waals surface area contributed by atoms with E-state index in [0.29, 0.717) is 13.0 Å². The molecule has 1 aromatic carbocycles. The first-order valence-corrected chi connectivity index (χ1v) is 6.43. The zero-order chi connectivity index (χ0) is 15.1. The van der Waals surface area contributed by atoms with Gasteiger partial charge >= 0.3 is 12.0 Å². The first-order valence-electron chi connectivity index (χ1n) is 6.43. The van der Waals surface area contributed by atoms with Gasteiger partial charge in [0.1, 0.15) is 0 Å². The molecule has 0 aliphatic carbocycles. The summed E-state index contributed by atoms with van der Waals surface area (Å²) < 4.78 is 0. The Bertz CT molecular complexity index is 457. The van der Waals surface area contributed by atoms with Crippen LogP contribution in [0.15, 0.2) is 24.3 Å². The van der Waals surface area contributed by atoms with E-state index < -0.39 is 12.1 Å². The number of carboxylic acid groups (broad SMARTS) is 1. The lowest BCUT2D eigenvalue weighted by molar-refractivity contribution is 0.0696. The third-order valence-corrected chi connectivity index (χ3v) is 2.73. The molecule has 0 aliphatic heterocycles. The average molecular weight is 280 g/mol. The quantitative estimate of drug-likeness (QED) is 0.632. The summed E-state index contributed by atoms with van der Waals surface area (Å²) in [5.41, 5.74) is 1.03. The van der Waals surface area contributed by atoms with Gasteiger partial charge in [-0.3, -0.25) is 0 Å². The van der Waals surface area contributed by atoms with Gasteiger partial charge in [-0.25, -0.2) is 9.59 Å². The minimum absolute atomic E-state index is 0.121. The molecule has 6 heteroatoms. The number of amides is 2. The van der Waals surface area contributed by atoms with E-state index in [2.05, 4.69) is 10.6 Å². The number of aliphatic hydroxyl groups is 1. The monoisotopic (exact) mass is 280 g/mol. The van der Waals surface area contributed by atoms with Crippen molar-refractivity contribution in [3.05, 3.63) is 35.4 Å². The second kappa shape index (κ2) is 7.49. The van der Waals surface area contributed by atoms with E-state index in [1.807, 2.05) is 6.92 Å². The number of hydrogen-bond acceptors (Lipinski definition) is 3. The Hall–Kier alpha value is -2.08. The Morgan fingerprint density at radius 3 is 2.30 bits per heavy atom. The maximum atomic E-state index is 11.6. The number of aliphatic hydroxyl groups excluding tert-OH is 1. The molecule has 2 amide bonds. The van der Waals surface area contributed by atoms with Crippen molar-refractivity contribution in [3.8, 4) is 0 Å². The average Bonchev–Trinajstić information content (AvgIpc) is 2.35. The number of urea groups is 1. The minimum atomic E-state index is -0.978. The smallest absolute Gasteiger partial charge is 0.335 e. The van der Waals surface area contributed by atoms with Crippen LogP contribution in [-0.4, -0.2) is 34.4 Å². The van der Waals surface area contributed by atoms with Gasteiger partial charge < -0.3 is 20.8 Å². The number of rotatable bonds is 6. The third kappa shape index (κ3) is 5.71. The SMILES string of the molecule is CC(O)CC(C)NC(=O)NCc1ccc(C(=O)O)cc1. The summed E-state index contributed by atoms with van der Waals surface area (Å²) in [6.07, 6.45) is 0.0228. The first kappa shape index (κ1) is 16.0. The van der Waals surface area contributed by atoms with Crippen molar-refractivity contribution in [1.29, 1.82) is 0 Å². The van der Waals surface area contributed by atoms with Gasteiger partial charge in [0.25, 0.3) is 0 Å². The Balaban J connectivity index is 2.39. The van der Waals surface area contributed by atoms with E-state index in [0.717, 1.165) is 5.56 Å². The molecular formula is C14H20N2O4.